The second-order valence-electron chi connectivity index (χ2n) is 4.82. The Morgan fingerprint density at radius 3 is 2.71 bits per heavy atom. The van der Waals surface area contributed by atoms with E-state index in [4.69, 9.17) is 5.73 Å². The molecule has 1 fully saturated rings. The fourth-order valence-electron chi connectivity index (χ4n) is 2.40. The second-order valence-corrected chi connectivity index (χ2v) is 4.82. The lowest BCUT2D eigenvalue weighted by Crippen LogP contribution is -2.32. The van der Waals surface area contributed by atoms with E-state index in [9.17, 15) is 4.79 Å². The van der Waals surface area contributed by atoms with Gasteiger partial charge in [-0.15, -0.1) is 0 Å². The van der Waals surface area contributed by atoms with E-state index in [1.54, 1.807) is 0 Å². The van der Waals surface area contributed by atoms with Gasteiger partial charge in [0, 0.05) is 17.6 Å². The van der Waals surface area contributed by atoms with E-state index < -0.39 is 0 Å². The Balaban J connectivity index is 2.39. The van der Waals surface area contributed by atoms with Crippen LogP contribution in [0.2, 0.25) is 0 Å². The highest BCUT2D eigenvalue weighted by molar-refractivity contribution is 5.80. The predicted octanol–water partition coefficient (Wildman–Crippen LogP) is 1.97. The van der Waals surface area contributed by atoms with Crippen molar-refractivity contribution in [2.75, 3.05) is 0 Å². The van der Waals surface area contributed by atoms with Crippen molar-refractivity contribution in [2.24, 2.45) is 5.73 Å². The van der Waals surface area contributed by atoms with Gasteiger partial charge in [-0.25, -0.2) is 0 Å². The monoisotopic (exact) mass is 228 g/mol. The van der Waals surface area contributed by atoms with Crippen molar-refractivity contribution in [3.8, 4) is 0 Å². The van der Waals surface area contributed by atoms with Crippen LogP contribution in [0.15, 0.2) is 35.1 Å². The van der Waals surface area contributed by atoms with Gasteiger partial charge in [0.25, 0.3) is 5.56 Å². The summed E-state index contributed by atoms with van der Waals surface area (Å²) >= 11 is 0. The van der Waals surface area contributed by atoms with Gasteiger partial charge < -0.3 is 10.3 Å². The summed E-state index contributed by atoms with van der Waals surface area (Å²) in [6.45, 7) is 2.68. The first kappa shape index (κ1) is 10.5. The minimum absolute atomic E-state index is 0.0752. The first-order valence-electron chi connectivity index (χ1n) is 6.08. The summed E-state index contributed by atoms with van der Waals surface area (Å²) in [6, 6.07) is 9.95. The van der Waals surface area contributed by atoms with Crippen molar-refractivity contribution in [3.63, 3.8) is 0 Å². The standard InChI is InChI=1S/C14H16N2O/c1-2-16-12-6-4-3-5-10(12)9-11(13(16)17)14(15)7-8-14/h3-6,9H,2,7-8,15H2,1H3. The fraction of sp³-hybridized carbons (Fsp3) is 0.357. The Kier molecular flexibility index (Phi) is 2.13. The number of rotatable bonds is 2. The van der Waals surface area contributed by atoms with Crippen LogP contribution in [0.25, 0.3) is 10.9 Å². The molecule has 0 saturated heterocycles. The minimum atomic E-state index is -0.363. The molecule has 3 rings (SSSR count). The maximum atomic E-state index is 12.4. The summed E-state index contributed by atoms with van der Waals surface area (Å²) in [6.07, 6.45) is 1.84. The average Bonchev–Trinajstić information content (AvgIpc) is 3.08. The number of nitrogens with two attached hydrogens (primary N) is 1. The van der Waals surface area contributed by atoms with E-state index in [0.717, 1.165) is 29.3 Å². The number of benzene rings is 1. The van der Waals surface area contributed by atoms with E-state index in [1.807, 2.05) is 41.8 Å². The molecule has 0 spiro atoms. The molecule has 2 N–H and O–H groups in total. The zero-order valence-corrected chi connectivity index (χ0v) is 9.94. The molecule has 0 unspecified atom stereocenters. The van der Waals surface area contributed by atoms with Crippen LogP contribution in [-0.4, -0.2) is 4.57 Å². The van der Waals surface area contributed by atoms with E-state index in [0.29, 0.717) is 6.54 Å². The Bertz CT molecular complexity index is 638. The van der Waals surface area contributed by atoms with Gasteiger partial charge in [0.15, 0.2) is 0 Å². The summed E-state index contributed by atoms with van der Waals surface area (Å²) in [4.78, 5) is 12.4. The third kappa shape index (κ3) is 1.50. The lowest BCUT2D eigenvalue weighted by atomic mass is 10.0. The highest BCUT2D eigenvalue weighted by Crippen LogP contribution is 2.41. The zero-order valence-electron chi connectivity index (χ0n) is 9.94. The molecule has 0 atom stereocenters. The van der Waals surface area contributed by atoms with Crippen molar-refractivity contribution >= 4 is 10.9 Å². The Labute approximate surface area is 99.9 Å². The third-order valence-electron chi connectivity index (χ3n) is 3.64. The number of para-hydroxylation sites is 1. The van der Waals surface area contributed by atoms with Crippen LogP contribution in [0.3, 0.4) is 0 Å². The molecule has 3 nitrogen and oxygen atoms in total. The normalized spacial score (nSPS) is 17.3. The summed E-state index contributed by atoms with van der Waals surface area (Å²) in [5.74, 6) is 0. The maximum absolute atomic E-state index is 12.4. The minimum Gasteiger partial charge on any atom is -0.321 e. The molecule has 1 saturated carbocycles. The molecule has 0 radical (unpaired) electrons. The van der Waals surface area contributed by atoms with Crippen molar-refractivity contribution in [1.29, 1.82) is 0 Å². The summed E-state index contributed by atoms with van der Waals surface area (Å²) in [5, 5.41) is 1.10. The van der Waals surface area contributed by atoms with E-state index in [-0.39, 0.29) is 11.1 Å². The van der Waals surface area contributed by atoms with Crippen LogP contribution < -0.4 is 11.3 Å². The number of hydrogen-bond donors (Lipinski definition) is 1. The molecule has 0 amide bonds. The Morgan fingerprint density at radius 1 is 1.35 bits per heavy atom. The van der Waals surface area contributed by atoms with Crippen molar-refractivity contribution in [1.82, 2.24) is 4.57 Å². The molecule has 1 aromatic heterocycles. The molecule has 0 aliphatic heterocycles. The number of aryl methyl sites for hydroxylation is 1. The Morgan fingerprint density at radius 2 is 2.06 bits per heavy atom. The van der Waals surface area contributed by atoms with Crippen LogP contribution in [0.1, 0.15) is 25.3 Å². The first-order chi connectivity index (χ1) is 8.15. The molecule has 1 aliphatic rings. The van der Waals surface area contributed by atoms with Gasteiger partial charge in [0.05, 0.1) is 5.52 Å². The van der Waals surface area contributed by atoms with Crippen LogP contribution in [-0.2, 0) is 12.1 Å². The number of pyridine rings is 1. The lowest BCUT2D eigenvalue weighted by molar-refractivity contribution is 0.683. The second kappa shape index (κ2) is 3.44. The molecule has 1 aliphatic carbocycles. The predicted molar refractivity (Wildman–Crippen MR) is 69.0 cm³/mol. The molecule has 88 valence electrons. The molecule has 0 bridgehead atoms. The average molecular weight is 228 g/mol. The molecule has 1 heterocycles. The molecule has 3 heteroatoms. The van der Waals surface area contributed by atoms with Crippen molar-refractivity contribution in [2.45, 2.75) is 31.8 Å². The highest BCUT2D eigenvalue weighted by atomic mass is 16.1. The summed E-state index contributed by atoms with van der Waals surface area (Å²) < 4.78 is 1.82. The van der Waals surface area contributed by atoms with E-state index in [2.05, 4.69) is 0 Å². The number of fused-ring (bicyclic) bond motifs is 1. The number of hydrogen-bond acceptors (Lipinski definition) is 2. The maximum Gasteiger partial charge on any atom is 0.256 e. The number of aromatic nitrogens is 1. The smallest absolute Gasteiger partial charge is 0.256 e. The van der Waals surface area contributed by atoms with Gasteiger partial charge in [-0.05, 0) is 37.3 Å². The van der Waals surface area contributed by atoms with Crippen molar-refractivity contribution < 1.29 is 0 Å². The summed E-state index contributed by atoms with van der Waals surface area (Å²) in [7, 11) is 0. The lowest BCUT2D eigenvalue weighted by Gasteiger charge is -2.14. The van der Waals surface area contributed by atoms with Gasteiger partial charge in [0.2, 0.25) is 0 Å². The number of nitrogens with zero attached hydrogens (tertiary/aromatic N) is 1. The Hall–Kier alpha value is -1.61. The van der Waals surface area contributed by atoms with Crippen LogP contribution in [0.5, 0.6) is 0 Å². The van der Waals surface area contributed by atoms with Gasteiger partial charge in [0.1, 0.15) is 0 Å². The molecular weight excluding hydrogens is 212 g/mol. The fourth-order valence-corrected chi connectivity index (χ4v) is 2.40. The highest BCUT2D eigenvalue weighted by Gasteiger charge is 2.42. The van der Waals surface area contributed by atoms with E-state index >= 15 is 0 Å². The third-order valence-corrected chi connectivity index (χ3v) is 3.64. The van der Waals surface area contributed by atoms with E-state index in [1.165, 1.54) is 0 Å². The summed E-state index contributed by atoms with van der Waals surface area (Å²) in [5.41, 5.74) is 7.65. The van der Waals surface area contributed by atoms with Gasteiger partial charge in [-0.3, -0.25) is 4.79 Å². The quantitative estimate of drug-likeness (QED) is 0.854. The largest absolute Gasteiger partial charge is 0.321 e. The van der Waals surface area contributed by atoms with Gasteiger partial charge >= 0.3 is 0 Å². The van der Waals surface area contributed by atoms with Crippen molar-refractivity contribution in [3.05, 3.63) is 46.2 Å². The van der Waals surface area contributed by atoms with Crippen LogP contribution >= 0.6 is 0 Å². The van der Waals surface area contributed by atoms with Gasteiger partial charge in [-0.2, -0.15) is 0 Å². The SMILES string of the molecule is CCn1c(=O)c(C2(N)CC2)cc2ccccc21. The first-order valence-corrected chi connectivity index (χ1v) is 6.08. The molecule has 2 aromatic rings. The van der Waals surface area contributed by atoms with Crippen LogP contribution in [0.4, 0.5) is 0 Å². The molecule has 17 heavy (non-hydrogen) atoms. The zero-order chi connectivity index (χ0) is 12.0. The molecule has 1 aromatic carbocycles. The van der Waals surface area contributed by atoms with Crippen LogP contribution in [0, 0.1) is 0 Å². The molecular formula is C14H16N2O. The van der Waals surface area contributed by atoms with Gasteiger partial charge in [-0.1, -0.05) is 18.2 Å². The topological polar surface area (TPSA) is 48.0 Å².